The van der Waals surface area contributed by atoms with Crippen molar-refractivity contribution in [3.05, 3.63) is 78.3 Å². The van der Waals surface area contributed by atoms with Crippen molar-refractivity contribution in [2.45, 2.75) is 13.1 Å². The molecule has 0 aliphatic carbocycles. The second kappa shape index (κ2) is 9.28. The van der Waals surface area contributed by atoms with Crippen LogP contribution in [0.2, 0.25) is 0 Å². The monoisotopic (exact) mass is 395 g/mol. The van der Waals surface area contributed by atoms with Gasteiger partial charge in [-0.2, -0.15) is 0 Å². The second-order valence-electron chi connectivity index (χ2n) is 6.58. The van der Waals surface area contributed by atoms with E-state index in [1.807, 2.05) is 50.5 Å². The van der Waals surface area contributed by atoms with Crippen LogP contribution in [0.3, 0.4) is 0 Å². The molecule has 146 valence electrons. The van der Waals surface area contributed by atoms with E-state index in [0.29, 0.717) is 18.2 Å². The molecule has 0 aliphatic heterocycles. The molecule has 1 heterocycles. The Morgan fingerprint density at radius 2 is 1.68 bits per heavy atom. The van der Waals surface area contributed by atoms with E-state index in [4.69, 9.17) is 21.4 Å². The summed E-state index contributed by atoms with van der Waals surface area (Å²) in [6.07, 6.45) is 1.66. The molecule has 1 N–H and O–H groups in total. The fourth-order valence-corrected chi connectivity index (χ4v) is 3.04. The Bertz CT molecular complexity index is 875. The highest BCUT2D eigenvalue weighted by Gasteiger charge is 2.14. The van der Waals surface area contributed by atoms with Crippen LogP contribution in [0.15, 0.2) is 71.3 Å². The second-order valence-corrected chi connectivity index (χ2v) is 6.97. The third-order valence-corrected chi connectivity index (χ3v) is 4.78. The third-order valence-electron chi connectivity index (χ3n) is 4.42. The molecule has 0 fully saturated rings. The molecule has 0 saturated carbocycles. The molecule has 5 nitrogen and oxygen atoms in total. The van der Waals surface area contributed by atoms with E-state index in [-0.39, 0.29) is 0 Å². The topological polar surface area (TPSA) is 40.9 Å². The first-order chi connectivity index (χ1) is 13.6. The first kappa shape index (κ1) is 19.8. The van der Waals surface area contributed by atoms with Crippen LogP contribution in [-0.2, 0) is 13.1 Å². The molecule has 1 aromatic heterocycles. The van der Waals surface area contributed by atoms with Crippen molar-refractivity contribution < 1.29 is 9.15 Å². The molecular weight excluding hydrogens is 370 g/mol. The van der Waals surface area contributed by atoms with Crippen LogP contribution in [0.4, 0.5) is 11.4 Å². The zero-order valence-electron chi connectivity index (χ0n) is 16.4. The summed E-state index contributed by atoms with van der Waals surface area (Å²) >= 11 is 5.69. The first-order valence-corrected chi connectivity index (χ1v) is 9.45. The first-order valence-electron chi connectivity index (χ1n) is 9.05. The van der Waals surface area contributed by atoms with Crippen LogP contribution in [-0.4, -0.2) is 26.3 Å². The number of methoxy groups -OCH3 is 1. The highest BCUT2D eigenvalue weighted by Crippen LogP contribution is 2.22. The molecule has 0 radical (unpaired) electrons. The maximum absolute atomic E-state index is 5.69. The fraction of sp³-hybridized carbons (Fsp3) is 0.227. The summed E-state index contributed by atoms with van der Waals surface area (Å²) in [5, 5.41) is 3.92. The molecule has 6 heteroatoms. The van der Waals surface area contributed by atoms with Gasteiger partial charge in [-0.1, -0.05) is 12.1 Å². The van der Waals surface area contributed by atoms with Gasteiger partial charge < -0.3 is 24.3 Å². The molecule has 0 unspecified atom stereocenters. The largest absolute Gasteiger partial charge is 0.497 e. The highest BCUT2D eigenvalue weighted by molar-refractivity contribution is 7.80. The number of anilines is 2. The summed E-state index contributed by atoms with van der Waals surface area (Å²) in [4.78, 5) is 4.16. The van der Waals surface area contributed by atoms with Crippen molar-refractivity contribution >= 4 is 28.7 Å². The third kappa shape index (κ3) is 5.04. The van der Waals surface area contributed by atoms with Crippen LogP contribution in [0.25, 0.3) is 0 Å². The van der Waals surface area contributed by atoms with Crippen molar-refractivity contribution in [2.75, 3.05) is 31.0 Å². The van der Waals surface area contributed by atoms with Crippen LogP contribution >= 0.6 is 12.2 Å². The van der Waals surface area contributed by atoms with Crippen molar-refractivity contribution in [1.29, 1.82) is 0 Å². The Balaban J connectivity index is 1.79. The summed E-state index contributed by atoms with van der Waals surface area (Å²) in [7, 11) is 5.73. The van der Waals surface area contributed by atoms with Gasteiger partial charge in [-0.25, -0.2) is 0 Å². The number of benzene rings is 2. The quantitative estimate of drug-likeness (QED) is 0.597. The average Bonchev–Trinajstić information content (AvgIpc) is 3.24. The predicted molar refractivity (Wildman–Crippen MR) is 118 cm³/mol. The van der Waals surface area contributed by atoms with Crippen molar-refractivity contribution in [1.82, 2.24) is 5.32 Å². The lowest BCUT2D eigenvalue weighted by Crippen LogP contribution is -2.39. The predicted octanol–water partition coefficient (Wildman–Crippen LogP) is 4.44. The van der Waals surface area contributed by atoms with Crippen molar-refractivity contribution in [3.63, 3.8) is 0 Å². The van der Waals surface area contributed by atoms with Gasteiger partial charge >= 0.3 is 0 Å². The number of rotatable bonds is 7. The summed E-state index contributed by atoms with van der Waals surface area (Å²) in [5.74, 6) is 1.65. The average molecular weight is 396 g/mol. The normalized spacial score (nSPS) is 10.4. The minimum Gasteiger partial charge on any atom is -0.497 e. The number of thiocarbonyl (C=S) groups is 1. The van der Waals surface area contributed by atoms with Gasteiger partial charge in [-0.3, -0.25) is 0 Å². The van der Waals surface area contributed by atoms with Gasteiger partial charge in [0.1, 0.15) is 11.5 Å². The summed E-state index contributed by atoms with van der Waals surface area (Å²) in [5.41, 5.74) is 3.33. The minimum atomic E-state index is 0.540. The van der Waals surface area contributed by atoms with Gasteiger partial charge in [0.25, 0.3) is 0 Å². The van der Waals surface area contributed by atoms with Crippen LogP contribution in [0.1, 0.15) is 11.3 Å². The van der Waals surface area contributed by atoms with E-state index in [0.717, 1.165) is 17.2 Å². The lowest BCUT2D eigenvalue weighted by molar-refractivity contribution is 0.415. The molecule has 0 bridgehead atoms. The zero-order chi connectivity index (χ0) is 19.9. The van der Waals surface area contributed by atoms with Gasteiger partial charge in [0.05, 0.1) is 26.5 Å². The molecule has 2 aromatic carbocycles. The van der Waals surface area contributed by atoms with Crippen LogP contribution in [0.5, 0.6) is 5.75 Å². The number of nitrogens with zero attached hydrogens (tertiary/aromatic N) is 2. The van der Waals surface area contributed by atoms with E-state index < -0.39 is 0 Å². The number of hydrogen-bond acceptors (Lipinski definition) is 4. The summed E-state index contributed by atoms with van der Waals surface area (Å²) < 4.78 is 10.7. The van der Waals surface area contributed by atoms with Gasteiger partial charge in [0, 0.05) is 25.5 Å². The summed E-state index contributed by atoms with van der Waals surface area (Å²) in [6, 6.07) is 20.2. The Hall–Kier alpha value is -2.99. The van der Waals surface area contributed by atoms with Crippen LogP contribution in [0, 0.1) is 0 Å². The molecule has 0 amide bonds. The van der Waals surface area contributed by atoms with E-state index in [9.17, 15) is 0 Å². The van der Waals surface area contributed by atoms with Crippen molar-refractivity contribution in [2.24, 2.45) is 0 Å². The number of ether oxygens (including phenoxy) is 1. The Labute approximate surface area is 171 Å². The van der Waals surface area contributed by atoms with Gasteiger partial charge in [0.2, 0.25) is 0 Å². The molecule has 3 rings (SSSR count). The maximum Gasteiger partial charge on any atom is 0.174 e. The van der Waals surface area contributed by atoms with E-state index in [1.54, 1.807) is 13.4 Å². The van der Waals surface area contributed by atoms with Gasteiger partial charge in [-0.05, 0) is 66.3 Å². The molecule has 0 saturated heterocycles. The maximum atomic E-state index is 5.69. The van der Waals surface area contributed by atoms with Gasteiger partial charge in [0.15, 0.2) is 5.11 Å². The van der Waals surface area contributed by atoms with E-state index >= 15 is 0 Å². The number of furan rings is 1. The molecule has 0 aliphatic rings. The van der Waals surface area contributed by atoms with Gasteiger partial charge in [-0.15, -0.1) is 0 Å². The molecule has 3 aromatic rings. The van der Waals surface area contributed by atoms with Crippen LogP contribution < -0.4 is 19.9 Å². The van der Waals surface area contributed by atoms with Crippen molar-refractivity contribution in [3.8, 4) is 5.75 Å². The fourth-order valence-electron chi connectivity index (χ4n) is 2.80. The zero-order valence-corrected chi connectivity index (χ0v) is 17.2. The lowest BCUT2D eigenvalue weighted by atomic mass is 10.1. The van der Waals surface area contributed by atoms with E-state index in [2.05, 4.69) is 39.4 Å². The Morgan fingerprint density at radius 3 is 2.25 bits per heavy atom. The number of nitrogens with one attached hydrogen (secondary N) is 1. The Morgan fingerprint density at radius 1 is 1.00 bits per heavy atom. The molecule has 0 atom stereocenters. The minimum absolute atomic E-state index is 0.540. The standard InChI is InChI=1S/C22H25N3O2S/c1-24(2)18-8-6-17(7-9-18)16-25(19-10-12-20(26-3)13-11-19)22(28)23-15-21-5-4-14-27-21/h4-14H,15-16H2,1-3H3,(H,23,28). The van der Waals surface area contributed by atoms with E-state index in [1.165, 1.54) is 11.3 Å². The lowest BCUT2D eigenvalue weighted by Gasteiger charge is -2.26. The smallest absolute Gasteiger partial charge is 0.174 e. The molecule has 0 spiro atoms. The summed E-state index contributed by atoms with van der Waals surface area (Å²) in [6.45, 7) is 1.20. The highest BCUT2D eigenvalue weighted by atomic mass is 32.1. The molecular formula is C22H25N3O2S. The Kier molecular flexibility index (Phi) is 6.55. The SMILES string of the molecule is COc1ccc(N(Cc2ccc(N(C)C)cc2)C(=S)NCc2ccco2)cc1. The molecule has 28 heavy (non-hydrogen) atoms. The number of hydrogen-bond donors (Lipinski definition) is 1.